The lowest BCUT2D eigenvalue weighted by Gasteiger charge is -2.11. The van der Waals surface area contributed by atoms with Crippen molar-refractivity contribution in [1.29, 1.82) is 5.26 Å². The number of aromatic nitrogens is 1. The van der Waals surface area contributed by atoms with E-state index in [9.17, 15) is 9.59 Å². The van der Waals surface area contributed by atoms with Crippen molar-refractivity contribution in [2.45, 2.75) is 19.4 Å². The Hall–Kier alpha value is -3.69. The molecule has 0 atom stereocenters. The molecule has 4 rings (SSSR count). The fraction of sp³-hybridized carbons (Fsp3) is 0.167. The van der Waals surface area contributed by atoms with E-state index in [1.54, 1.807) is 48.5 Å². The van der Waals surface area contributed by atoms with Gasteiger partial charge in [0.2, 0.25) is 5.91 Å². The van der Waals surface area contributed by atoms with Gasteiger partial charge in [-0.25, -0.2) is 4.98 Å². The molecule has 1 saturated carbocycles. The number of carbonyl (C=O) groups is 2. The standard InChI is InChI=1S/C24H19ClN4O2/c25-20-9-7-17(8-10-20)19-11-21(28-22(12-19)29-23(30)18-5-6-18)24(31)27-14-16-3-1-15(13-26)2-4-16/h1-4,7-12,18H,5-6,14H2,(H,27,31)(H,28,29,30). The Morgan fingerprint density at radius 2 is 1.74 bits per heavy atom. The molecule has 0 saturated heterocycles. The highest BCUT2D eigenvalue weighted by Gasteiger charge is 2.30. The molecule has 0 unspecified atom stereocenters. The van der Waals surface area contributed by atoms with Crippen LogP contribution in [0.1, 0.15) is 34.5 Å². The van der Waals surface area contributed by atoms with Crippen molar-refractivity contribution in [3.63, 3.8) is 0 Å². The van der Waals surface area contributed by atoms with E-state index in [0.717, 1.165) is 29.5 Å². The van der Waals surface area contributed by atoms with Gasteiger partial charge in [-0.15, -0.1) is 0 Å². The number of hydrogen-bond acceptors (Lipinski definition) is 4. The van der Waals surface area contributed by atoms with Crippen LogP contribution in [0.5, 0.6) is 0 Å². The van der Waals surface area contributed by atoms with Crippen molar-refractivity contribution in [3.05, 3.63) is 82.5 Å². The normalized spacial score (nSPS) is 12.6. The number of amides is 2. The van der Waals surface area contributed by atoms with Gasteiger partial charge in [-0.05, 0) is 65.9 Å². The largest absolute Gasteiger partial charge is 0.347 e. The molecule has 1 heterocycles. The van der Waals surface area contributed by atoms with Crippen molar-refractivity contribution in [3.8, 4) is 17.2 Å². The van der Waals surface area contributed by atoms with Gasteiger partial charge >= 0.3 is 0 Å². The predicted octanol–water partition coefficient (Wildman–Crippen LogP) is 4.55. The lowest BCUT2D eigenvalue weighted by molar-refractivity contribution is -0.117. The van der Waals surface area contributed by atoms with Crippen molar-refractivity contribution in [1.82, 2.24) is 10.3 Å². The van der Waals surface area contributed by atoms with Crippen LogP contribution >= 0.6 is 11.6 Å². The summed E-state index contributed by atoms with van der Waals surface area (Å²) in [5.74, 6) is -0.0747. The van der Waals surface area contributed by atoms with Crippen molar-refractivity contribution < 1.29 is 9.59 Å². The molecule has 6 nitrogen and oxygen atoms in total. The van der Waals surface area contributed by atoms with E-state index < -0.39 is 0 Å². The third kappa shape index (κ3) is 5.27. The summed E-state index contributed by atoms with van der Waals surface area (Å²) in [5.41, 5.74) is 3.23. The van der Waals surface area contributed by atoms with Crippen LogP contribution in [0.4, 0.5) is 5.82 Å². The minimum absolute atomic E-state index is 0.0228. The number of halogens is 1. The molecule has 1 aromatic heterocycles. The second kappa shape index (κ2) is 8.99. The maximum Gasteiger partial charge on any atom is 0.270 e. The molecule has 3 aromatic rings. The first-order chi connectivity index (χ1) is 15.0. The molecule has 1 fully saturated rings. The summed E-state index contributed by atoms with van der Waals surface area (Å²) in [6, 6.07) is 19.7. The lowest BCUT2D eigenvalue weighted by Crippen LogP contribution is -2.24. The van der Waals surface area contributed by atoms with Gasteiger partial charge in [0.15, 0.2) is 0 Å². The number of nitrogens with one attached hydrogen (secondary N) is 2. The predicted molar refractivity (Wildman–Crippen MR) is 118 cm³/mol. The lowest BCUT2D eigenvalue weighted by atomic mass is 10.1. The zero-order chi connectivity index (χ0) is 21.8. The van der Waals surface area contributed by atoms with Crippen LogP contribution in [-0.2, 0) is 11.3 Å². The molecule has 1 aliphatic carbocycles. The van der Waals surface area contributed by atoms with Gasteiger partial charge in [-0.1, -0.05) is 35.9 Å². The molecule has 1 aliphatic rings. The minimum Gasteiger partial charge on any atom is -0.347 e. The van der Waals surface area contributed by atoms with Crippen LogP contribution < -0.4 is 10.6 Å². The minimum atomic E-state index is -0.359. The second-order valence-corrected chi connectivity index (χ2v) is 7.82. The summed E-state index contributed by atoms with van der Waals surface area (Å²) < 4.78 is 0. The SMILES string of the molecule is N#Cc1ccc(CNC(=O)c2cc(-c3ccc(Cl)cc3)cc(NC(=O)C3CC3)n2)cc1. The highest BCUT2D eigenvalue weighted by atomic mass is 35.5. The van der Waals surface area contributed by atoms with E-state index in [0.29, 0.717) is 22.9 Å². The molecule has 0 spiro atoms. The Balaban J connectivity index is 1.57. The molecule has 2 aromatic carbocycles. The zero-order valence-electron chi connectivity index (χ0n) is 16.6. The summed E-state index contributed by atoms with van der Waals surface area (Å²) >= 11 is 5.99. The quantitative estimate of drug-likeness (QED) is 0.599. The van der Waals surface area contributed by atoms with Crippen LogP contribution in [-0.4, -0.2) is 16.8 Å². The third-order valence-electron chi connectivity index (χ3n) is 4.97. The number of nitriles is 1. The fourth-order valence-electron chi connectivity index (χ4n) is 3.06. The Morgan fingerprint density at radius 3 is 2.39 bits per heavy atom. The van der Waals surface area contributed by atoms with E-state index in [4.69, 9.17) is 16.9 Å². The Labute approximate surface area is 184 Å². The third-order valence-corrected chi connectivity index (χ3v) is 5.22. The molecule has 31 heavy (non-hydrogen) atoms. The molecule has 0 radical (unpaired) electrons. The van der Waals surface area contributed by atoms with Gasteiger partial charge in [-0.3, -0.25) is 9.59 Å². The smallest absolute Gasteiger partial charge is 0.270 e. The molecule has 7 heteroatoms. The van der Waals surface area contributed by atoms with Crippen LogP contribution in [0.15, 0.2) is 60.7 Å². The fourth-order valence-corrected chi connectivity index (χ4v) is 3.19. The summed E-state index contributed by atoms with van der Waals surface area (Å²) in [7, 11) is 0. The van der Waals surface area contributed by atoms with Gasteiger partial charge in [0.05, 0.1) is 11.6 Å². The molecular formula is C24H19ClN4O2. The van der Waals surface area contributed by atoms with Gasteiger partial charge in [0, 0.05) is 17.5 Å². The summed E-state index contributed by atoms with van der Waals surface area (Å²) in [6.45, 7) is 0.293. The molecule has 154 valence electrons. The molecule has 0 bridgehead atoms. The summed E-state index contributed by atoms with van der Waals surface area (Å²) in [4.78, 5) is 29.4. The summed E-state index contributed by atoms with van der Waals surface area (Å²) in [6.07, 6.45) is 1.75. The first-order valence-electron chi connectivity index (χ1n) is 9.88. The van der Waals surface area contributed by atoms with E-state index in [-0.39, 0.29) is 23.4 Å². The monoisotopic (exact) mass is 430 g/mol. The van der Waals surface area contributed by atoms with Gasteiger partial charge in [0.1, 0.15) is 11.5 Å². The number of anilines is 1. The number of benzene rings is 2. The topological polar surface area (TPSA) is 94.9 Å². The Morgan fingerprint density at radius 1 is 1.03 bits per heavy atom. The van der Waals surface area contributed by atoms with Crippen LogP contribution in [0.3, 0.4) is 0 Å². The summed E-state index contributed by atoms with van der Waals surface area (Å²) in [5, 5.41) is 15.2. The van der Waals surface area contributed by atoms with Gasteiger partial charge in [0.25, 0.3) is 5.91 Å². The van der Waals surface area contributed by atoms with Crippen molar-refractivity contribution in [2.75, 3.05) is 5.32 Å². The highest BCUT2D eigenvalue weighted by molar-refractivity contribution is 6.30. The molecule has 0 aliphatic heterocycles. The average Bonchev–Trinajstić information content (AvgIpc) is 3.64. The number of nitrogens with zero attached hydrogens (tertiary/aromatic N) is 2. The number of pyridine rings is 1. The Kier molecular flexibility index (Phi) is 5.96. The maximum absolute atomic E-state index is 12.8. The van der Waals surface area contributed by atoms with Crippen molar-refractivity contribution in [2.24, 2.45) is 5.92 Å². The van der Waals surface area contributed by atoms with Gasteiger partial charge < -0.3 is 10.6 Å². The molecule has 2 amide bonds. The number of carbonyl (C=O) groups excluding carboxylic acids is 2. The highest BCUT2D eigenvalue weighted by Crippen LogP contribution is 2.31. The van der Waals surface area contributed by atoms with Gasteiger partial charge in [-0.2, -0.15) is 5.26 Å². The zero-order valence-corrected chi connectivity index (χ0v) is 17.3. The average molecular weight is 431 g/mol. The van der Waals surface area contributed by atoms with E-state index >= 15 is 0 Å². The molecule has 2 N–H and O–H groups in total. The van der Waals surface area contributed by atoms with E-state index in [2.05, 4.69) is 21.7 Å². The maximum atomic E-state index is 12.8. The van der Waals surface area contributed by atoms with Crippen LogP contribution in [0.25, 0.3) is 11.1 Å². The Bertz CT molecular complexity index is 1160. The number of rotatable bonds is 6. The second-order valence-electron chi connectivity index (χ2n) is 7.39. The van der Waals surface area contributed by atoms with Crippen LogP contribution in [0, 0.1) is 17.2 Å². The number of hydrogen-bond donors (Lipinski definition) is 2. The van der Waals surface area contributed by atoms with E-state index in [1.807, 2.05) is 12.1 Å². The van der Waals surface area contributed by atoms with Crippen LogP contribution in [0.2, 0.25) is 5.02 Å². The first-order valence-corrected chi connectivity index (χ1v) is 10.3. The van der Waals surface area contributed by atoms with E-state index in [1.165, 1.54) is 0 Å². The van der Waals surface area contributed by atoms with Crippen molar-refractivity contribution >= 4 is 29.2 Å². The first kappa shape index (κ1) is 20.6. The molecular weight excluding hydrogens is 412 g/mol.